The van der Waals surface area contributed by atoms with Crippen LogP contribution in [0.1, 0.15) is 25.7 Å². The number of hydrogen-bond donors (Lipinski definition) is 2. The van der Waals surface area contributed by atoms with Crippen LogP contribution in [0.4, 0.5) is 11.4 Å². The number of carbonyl (C=O) groups excluding carboxylic acids is 1. The lowest BCUT2D eigenvalue weighted by Gasteiger charge is -2.27. The molecule has 114 valence electrons. The number of anilines is 2. The number of hydrogen-bond acceptors (Lipinski definition) is 3. The molecule has 2 N–H and O–H groups in total. The van der Waals surface area contributed by atoms with Crippen LogP contribution in [0.25, 0.3) is 0 Å². The maximum Gasteiger partial charge on any atom is 0.307 e. The van der Waals surface area contributed by atoms with Crippen molar-refractivity contribution < 1.29 is 14.7 Å². The summed E-state index contributed by atoms with van der Waals surface area (Å²) in [4.78, 5) is 25.6. The first-order valence-electron chi connectivity index (χ1n) is 7.30. The van der Waals surface area contributed by atoms with Gasteiger partial charge in [0.15, 0.2) is 0 Å². The van der Waals surface area contributed by atoms with Gasteiger partial charge in [-0.1, -0.05) is 12.8 Å². The number of benzene rings is 1. The zero-order chi connectivity index (χ0) is 15.4. The lowest BCUT2D eigenvalue weighted by Crippen LogP contribution is -2.36. The van der Waals surface area contributed by atoms with E-state index in [1.165, 1.54) is 0 Å². The summed E-state index contributed by atoms with van der Waals surface area (Å²) < 4.78 is 0. The lowest BCUT2D eigenvalue weighted by molar-refractivity contribution is -0.147. The molecule has 0 unspecified atom stereocenters. The van der Waals surface area contributed by atoms with Gasteiger partial charge in [-0.25, -0.2) is 0 Å². The van der Waals surface area contributed by atoms with Gasteiger partial charge in [-0.15, -0.1) is 0 Å². The molecule has 1 aliphatic rings. The maximum atomic E-state index is 12.3. The van der Waals surface area contributed by atoms with Crippen LogP contribution in [0, 0.1) is 11.8 Å². The van der Waals surface area contributed by atoms with Crippen LogP contribution >= 0.6 is 0 Å². The average Bonchev–Trinajstić information content (AvgIpc) is 2.47. The Morgan fingerprint density at radius 3 is 2.19 bits per heavy atom. The smallest absolute Gasteiger partial charge is 0.307 e. The molecule has 1 aliphatic carbocycles. The second-order valence-corrected chi connectivity index (χ2v) is 5.77. The van der Waals surface area contributed by atoms with E-state index in [0.29, 0.717) is 18.5 Å². The largest absolute Gasteiger partial charge is 0.481 e. The van der Waals surface area contributed by atoms with Gasteiger partial charge < -0.3 is 15.3 Å². The molecular weight excluding hydrogens is 268 g/mol. The van der Waals surface area contributed by atoms with Gasteiger partial charge >= 0.3 is 5.97 Å². The van der Waals surface area contributed by atoms with Gasteiger partial charge in [-0.2, -0.15) is 0 Å². The van der Waals surface area contributed by atoms with E-state index in [0.717, 1.165) is 18.5 Å². The van der Waals surface area contributed by atoms with E-state index in [2.05, 4.69) is 5.32 Å². The van der Waals surface area contributed by atoms with Crippen molar-refractivity contribution in [2.45, 2.75) is 25.7 Å². The molecule has 0 bridgehead atoms. The van der Waals surface area contributed by atoms with Gasteiger partial charge in [0.25, 0.3) is 0 Å². The monoisotopic (exact) mass is 290 g/mol. The van der Waals surface area contributed by atoms with E-state index in [4.69, 9.17) is 0 Å². The summed E-state index contributed by atoms with van der Waals surface area (Å²) in [6.07, 6.45) is 3.05. The van der Waals surface area contributed by atoms with Crippen molar-refractivity contribution in [3.63, 3.8) is 0 Å². The highest BCUT2D eigenvalue weighted by molar-refractivity contribution is 5.95. The van der Waals surface area contributed by atoms with Gasteiger partial charge in [-0.3, -0.25) is 9.59 Å². The topological polar surface area (TPSA) is 69.6 Å². The molecule has 2 rings (SSSR count). The summed E-state index contributed by atoms with van der Waals surface area (Å²) in [5.74, 6) is -2.03. The van der Waals surface area contributed by atoms with E-state index in [1.54, 1.807) is 0 Å². The Bertz CT molecular complexity index is 511. The van der Waals surface area contributed by atoms with Gasteiger partial charge in [0.2, 0.25) is 5.91 Å². The van der Waals surface area contributed by atoms with E-state index in [9.17, 15) is 14.7 Å². The minimum Gasteiger partial charge on any atom is -0.481 e. The maximum absolute atomic E-state index is 12.3. The van der Waals surface area contributed by atoms with E-state index in [-0.39, 0.29) is 5.91 Å². The fourth-order valence-electron chi connectivity index (χ4n) is 2.82. The fraction of sp³-hybridized carbons (Fsp3) is 0.500. The van der Waals surface area contributed by atoms with Crippen LogP contribution in [0.3, 0.4) is 0 Å². The Morgan fingerprint density at radius 1 is 1.10 bits per heavy atom. The Hall–Kier alpha value is -2.04. The minimum absolute atomic E-state index is 0.181. The summed E-state index contributed by atoms with van der Waals surface area (Å²) in [7, 11) is 3.90. The first kappa shape index (κ1) is 15.4. The number of carboxylic acids is 1. The molecule has 5 heteroatoms. The number of nitrogens with zero attached hydrogens (tertiary/aromatic N) is 1. The van der Waals surface area contributed by atoms with Gasteiger partial charge in [0.05, 0.1) is 11.8 Å². The average molecular weight is 290 g/mol. The predicted molar refractivity (Wildman–Crippen MR) is 82.5 cm³/mol. The van der Waals surface area contributed by atoms with Gasteiger partial charge in [-0.05, 0) is 37.1 Å². The van der Waals surface area contributed by atoms with Crippen LogP contribution < -0.4 is 10.2 Å². The molecule has 1 aromatic carbocycles. The Kier molecular flexibility index (Phi) is 4.83. The summed E-state index contributed by atoms with van der Waals surface area (Å²) >= 11 is 0. The van der Waals surface area contributed by atoms with Crippen LogP contribution in [0.5, 0.6) is 0 Å². The molecule has 2 atom stereocenters. The summed E-state index contributed by atoms with van der Waals surface area (Å²) in [5.41, 5.74) is 1.76. The highest BCUT2D eigenvalue weighted by Crippen LogP contribution is 2.31. The third-order valence-electron chi connectivity index (χ3n) is 4.07. The zero-order valence-corrected chi connectivity index (χ0v) is 12.5. The molecule has 0 spiro atoms. The molecule has 1 amide bonds. The van der Waals surface area contributed by atoms with Gasteiger partial charge in [0, 0.05) is 25.5 Å². The predicted octanol–water partition coefficient (Wildman–Crippen LogP) is 2.58. The Balaban J connectivity index is 2.04. The first-order valence-corrected chi connectivity index (χ1v) is 7.30. The molecule has 1 saturated carbocycles. The Morgan fingerprint density at radius 2 is 1.67 bits per heavy atom. The molecule has 0 aliphatic heterocycles. The number of carboxylic acid groups (broad SMARTS) is 1. The molecule has 21 heavy (non-hydrogen) atoms. The standard InChI is InChI=1S/C16H22N2O3/c1-18(2)12-9-7-11(8-10-12)17-15(19)13-5-3-4-6-14(13)16(20)21/h7-10,13-14H,3-6H2,1-2H3,(H,17,19)(H,20,21)/t13-,14-/m1/s1. The van der Waals surface area contributed by atoms with Crippen molar-refractivity contribution in [1.82, 2.24) is 0 Å². The molecule has 1 aromatic rings. The second kappa shape index (κ2) is 6.61. The third kappa shape index (κ3) is 3.74. The molecule has 0 heterocycles. The Labute approximate surface area is 125 Å². The second-order valence-electron chi connectivity index (χ2n) is 5.77. The van der Waals surface area contributed by atoms with Crippen LogP contribution in [-0.2, 0) is 9.59 Å². The van der Waals surface area contributed by atoms with E-state index >= 15 is 0 Å². The SMILES string of the molecule is CN(C)c1ccc(NC(=O)[C@@H]2CCCC[C@H]2C(=O)O)cc1. The van der Waals surface area contributed by atoms with Crippen LogP contribution in [0.2, 0.25) is 0 Å². The lowest BCUT2D eigenvalue weighted by atomic mass is 9.78. The number of carbonyl (C=O) groups is 2. The summed E-state index contributed by atoms with van der Waals surface area (Å²) in [6, 6.07) is 7.52. The fourth-order valence-corrected chi connectivity index (χ4v) is 2.82. The highest BCUT2D eigenvalue weighted by atomic mass is 16.4. The summed E-state index contributed by atoms with van der Waals surface area (Å²) in [5, 5.41) is 12.1. The van der Waals surface area contributed by atoms with Crippen molar-refractivity contribution in [1.29, 1.82) is 0 Å². The normalized spacial score (nSPS) is 21.6. The molecule has 0 saturated heterocycles. The zero-order valence-electron chi connectivity index (χ0n) is 12.5. The number of nitrogens with one attached hydrogen (secondary N) is 1. The number of rotatable bonds is 4. The molecule has 5 nitrogen and oxygen atoms in total. The first-order chi connectivity index (χ1) is 9.99. The van der Waals surface area contributed by atoms with Crippen molar-refractivity contribution in [2.24, 2.45) is 11.8 Å². The van der Waals surface area contributed by atoms with Crippen molar-refractivity contribution in [2.75, 3.05) is 24.3 Å². The highest BCUT2D eigenvalue weighted by Gasteiger charge is 2.35. The van der Waals surface area contributed by atoms with Crippen molar-refractivity contribution >= 4 is 23.3 Å². The van der Waals surface area contributed by atoms with Crippen molar-refractivity contribution in [3.05, 3.63) is 24.3 Å². The third-order valence-corrected chi connectivity index (χ3v) is 4.07. The van der Waals surface area contributed by atoms with E-state index in [1.807, 2.05) is 43.3 Å². The van der Waals surface area contributed by atoms with Crippen molar-refractivity contribution in [3.8, 4) is 0 Å². The molecule has 0 aromatic heterocycles. The van der Waals surface area contributed by atoms with Crippen LogP contribution in [-0.4, -0.2) is 31.1 Å². The molecule has 0 radical (unpaired) electrons. The van der Waals surface area contributed by atoms with E-state index < -0.39 is 17.8 Å². The summed E-state index contributed by atoms with van der Waals surface area (Å²) in [6.45, 7) is 0. The quantitative estimate of drug-likeness (QED) is 0.894. The molecular formula is C16H22N2O3. The molecule has 1 fully saturated rings. The number of aliphatic carboxylic acids is 1. The van der Waals surface area contributed by atoms with Gasteiger partial charge in [0.1, 0.15) is 0 Å². The van der Waals surface area contributed by atoms with Crippen LogP contribution in [0.15, 0.2) is 24.3 Å². The number of amides is 1. The minimum atomic E-state index is -0.863.